The van der Waals surface area contributed by atoms with Crippen molar-refractivity contribution in [3.8, 4) is 0 Å². The first-order chi connectivity index (χ1) is 8.63. The third-order valence-electron chi connectivity index (χ3n) is 3.71. The molecule has 3 rings (SSSR count). The summed E-state index contributed by atoms with van der Waals surface area (Å²) in [6.07, 6.45) is 2.33. The number of benzene rings is 1. The van der Waals surface area contributed by atoms with Gasteiger partial charge in [-0.15, -0.1) is 0 Å². The SMILES string of the molecule is CC(C)[C@@H]1CCc2cc3ccc(Br)cc3nc2N1. The van der Waals surface area contributed by atoms with Crippen molar-refractivity contribution < 1.29 is 0 Å². The lowest BCUT2D eigenvalue weighted by Gasteiger charge is -2.29. The third kappa shape index (κ3) is 2.12. The van der Waals surface area contributed by atoms with Crippen LogP contribution >= 0.6 is 15.9 Å². The van der Waals surface area contributed by atoms with E-state index in [9.17, 15) is 0 Å². The lowest BCUT2D eigenvalue weighted by atomic mass is 9.92. The Kier molecular flexibility index (Phi) is 3.02. The Bertz CT molecular complexity index is 592. The molecular formula is C15H17BrN2. The average Bonchev–Trinajstić information content (AvgIpc) is 2.35. The Hall–Kier alpha value is -1.09. The fourth-order valence-corrected chi connectivity index (χ4v) is 2.91. The average molecular weight is 305 g/mol. The molecule has 0 spiro atoms. The predicted octanol–water partition coefficient (Wildman–Crippen LogP) is 4.38. The predicted molar refractivity (Wildman–Crippen MR) is 80.0 cm³/mol. The van der Waals surface area contributed by atoms with Crippen LogP contribution in [0.25, 0.3) is 10.9 Å². The van der Waals surface area contributed by atoms with Gasteiger partial charge in [-0.1, -0.05) is 35.8 Å². The summed E-state index contributed by atoms with van der Waals surface area (Å²) < 4.78 is 1.08. The van der Waals surface area contributed by atoms with Gasteiger partial charge in [-0.05, 0) is 42.5 Å². The molecular weight excluding hydrogens is 288 g/mol. The molecule has 94 valence electrons. The van der Waals surface area contributed by atoms with E-state index in [1.54, 1.807) is 0 Å². The number of halogens is 1. The van der Waals surface area contributed by atoms with Crippen LogP contribution < -0.4 is 5.32 Å². The van der Waals surface area contributed by atoms with E-state index in [2.05, 4.69) is 59.4 Å². The Labute approximate surface area is 116 Å². The lowest BCUT2D eigenvalue weighted by molar-refractivity contribution is 0.481. The molecule has 0 radical (unpaired) electrons. The maximum absolute atomic E-state index is 4.77. The normalized spacial score (nSPS) is 18.8. The van der Waals surface area contributed by atoms with Crippen LogP contribution in [0.4, 0.5) is 5.82 Å². The minimum absolute atomic E-state index is 0.551. The van der Waals surface area contributed by atoms with Gasteiger partial charge in [0, 0.05) is 15.9 Å². The van der Waals surface area contributed by atoms with Crippen molar-refractivity contribution in [2.45, 2.75) is 32.7 Å². The molecule has 1 aromatic heterocycles. The van der Waals surface area contributed by atoms with Crippen LogP contribution in [0.3, 0.4) is 0 Å². The maximum atomic E-state index is 4.77. The Morgan fingerprint density at radius 2 is 2.17 bits per heavy atom. The van der Waals surface area contributed by atoms with Crippen LogP contribution in [0.2, 0.25) is 0 Å². The summed E-state index contributed by atoms with van der Waals surface area (Å²) in [6.45, 7) is 4.53. The first-order valence-corrected chi connectivity index (χ1v) is 7.28. The molecule has 0 bridgehead atoms. The zero-order valence-electron chi connectivity index (χ0n) is 10.7. The quantitative estimate of drug-likeness (QED) is 0.845. The Morgan fingerprint density at radius 1 is 1.33 bits per heavy atom. The molecule has 0 fully saturated rings. The van der Waals surface area contributed by atoms with Gasteiger partial charge in [-0.3, -0.25) is 0 Å². The number of nitrogens with one attached hydrogen (secondary N) is 1. The topological polar surface area (TPSA) is 24.9 Å². The van der Waals surface area contributed by atoms with Crippen molar-refractivity contribution in [2.24, 2.45) is 5.92 Å². The molecule has 0 aliphatic carbocycles. The van der Waals surface area contributed by atoms with Crippen LogP contribution in [0.15, 0.2) is 28.7 Å². The maximum Gasteiger partial charge on any atom is 0.130 e. The minimum Gasteiger partial charge on any atom is -0.367 e. The molecule has 2 heterocycles. The number of aryl methyl sites for hydroxylation is 1. The molecule has 0 unspecified atom stereocenters. The molecule has 1 aliphatic rings. The first-order valence-electron chi connectivity index (χ1n) is 6.49. The molecule has 1 aliphatic heterocycles. The molecule has 1 N–H and O–H groups in total. The van der Waals surface area contributed by atoms with Crippen molar-refractivity contribution in [3.63, 3.8) is 0 Å². The highest BCUT2D eigenvalue weighted by atomic mass is 79.9. The smallest absolute Gasteiger partial charge is 0.130 e. The molecule has 0 saturated carbocycles. The lowest BCUT2D eigenvalue weighted by Crippen LogP contribution is -2.30. The molecule has 2 nitrogen and oxygen atoms in total. The summed E-state index contributed by atoms with van der Waals surface area (Å²) in [5, 5.41) is 4.81. The van der Waals surface area contributed by atoms with Crippen molar-refractivity contribution in [1.82, 2.24) is 4.98 Å². The van der Waals surface area contributed by atoms with Crippen molar-refractivity contribution in [1.29, 1.82) is 0 Å². The second kappa shape index (κ2) is 4.54. The summed E-state index contributed by atoms with van der Waals surface area (Å²) in [7, 11) is 0. The Balaban J connectivity index is 2.06. The molecule has 18 heavy (non-hydrogen) atoms. The van der Waals surface area contributed by atoms with Crippen LogP contribution in [-0.2, 0) is 6.42 Å². The molecule has 0 amide bonds. The van der Waals surface area contributed by atoms with E-state index in [1.165, 1.54) is 17.4 Å². The highest BCUT2D eigenvalue weighted by Gasteiger charge is 2.21. The number of hydrogen-bond acceptors (Lipinski definition) is 2. The number of fused-ring (bicyclic) bond motifs is 2. The van der Waals surface area contributed by atoms with Crippen LogP contribution in [-0.4, -0.2) is 11.0 Å². The van der Waals surface area contributed by atoms with Crippen molar-refractivity contribution >= 4 is 32.7 Å². The fraction of sp³-hybridized carbons (Fsp3) is 0.400. The molecule has 0 saturated heterocycles. The van der Waals surface area contributed by atoms with E-state index in [4.69, 9.17) is 4.98 Å². The molecule has 1 atom stereocenters. The summed E-state index contributed by atoms with van der Waals surface area (Å²) in [6, 6.07) is 9.10. The Morgan fingerprint density at radius 3 is 2.94 bits per heavy atom. The number of hydrogen-bond donors (Lipinski definition) is 1. The summed E-state index contributed by atoms with van der Waals surface area (Å²) >= 11 is 3.50. The third-order valence-corrected chi connectivity index (χ3v) is 4.20. The minimum atomic E-state index is 0.551. The van der Waals surface area contributed by atoms with Crippen LogP contribution in [0.5, 0.6) is 0 Å². The van der Waals surface area contributed by atoms with Crippen LogP contribution in [0, 0.1) is 5.92 Å². The van der Waals surface area contributed by atoms with E-state index >= 15 is 0 Å². The van der Waals surface area contributed by atoms with Gasteiger partial charge in [0.2, 0.25) is 0 Å². The second-order valence-corrected chi connectivity index (χ2v) is 6.28. The summed E-state index contributed by atoms with van der Waals surface area (Å²) in [5.41, 5.74) is 2.40. The zero-order chi connectivity index (χ0) is 12.7. The number of nitrogens with zero attached hydrogens (tertiary/aromatic N) is 1. The second-order valence-electron chi connectivity index (χ2n) is 5.37. The van der Waals surface area contributed by atoms with Gasteiger partial charge >= 0.3 is 0 Å². The van der Waals surface area contributed by atoms with E-state index < -0.39 is 0 Å². The highest BCUT2D eigenvalue weighted by molar-refractivity contribution is 9.10. The van der Waals surface area contributed by atoms with E-state index in [0.29, 0.717) is 12.0 Å². The van der Waals surface area contributed by atoms with Crippen LogP contribution in [0.1, 0.15) is 25.8 Å². The number of pyridine rings is 1. The molecule has 1 aromatic carbocycles. The van der Waals surface area contributed by atoms with Crippen molar-refractivity contribution in [3.05, 3.63) is 34.3 Å². The largest absolute Gasteiger partial charge is 0.367 e. The molecule has 2 aromatic rings. The fourth-order valence-electron chi connectivity index (χ4n) is 2.56. The van der Waals surface area contributed by atoms with Gasteiger partial charge < -0.3 is 5.32 Å². The van der Waals surface area contributed by atoms with Crippen molar-refractivity contribution in [2.75, 3.05) is 5.32 Å². The first kappa shape index (κ1) is 12.0. The van der Waals surface area contributed by atoms with Gasteiger partial charge in [-0.25, -0.2) is 4.98 Å². The number of aromatic nitrogens is 1. The van der Waals surface area contributed by atoms with Gasteiger partial charge in [0.1, 0.15) is 5.82 Å². The number of rotatable bonds is 1. The summed E-state index contributed by atoms with van der Waals surface area (Å²) in [4.78, 5) is 4.77. The van der Waals surface area contributed by atoms with Gasteiger partial charge in [0.05, 0.1) is 5.52 Å². The van der Waals surface area contributed by atoms with E-state index in [-0.39, 0.29) is 0 Å². The zero-order valence-corrected chi connectivity index (χ0v) is 12.3. The monoisotopic (exact) mass is 304 g/mol. The standard InChI is InChI=1S/C15H17BrN2/c1-9(2)13-6-4-11-7-10-3-5-12(16)8-14(10)18-15(11)17-13/h3,5,7-9,13H,4,6H2,1-2H3,(H,17,18)/t13-/m0/s1. The van der Waals surface area contributed by atoms with Gasteiger partial charge in [0.25, 0.3) is 0 Å². The molecule has 3 heteroatoms. The summed E-state index contributed by atoms with van der Waals surface area (Å²) in [5.74, 6) is 1.73. The van der Waals surface area contributed by atoms with E-state index in [0.717, 1.165) is 22.2 Å². The van der Waals surface area contributed by atoms with Gasteiger partial charge in [0.15, 0.2) is 0 Å². The highest BCUT2D eigenvalue weighted by Crippen LogP contribution is 2.29. The number of anilines is 1. The van der Waals surface area contributed by atoms with E-state index in [1.807, 2.05) is 0 Å². The van der Waals surface area contributed by atoms with Gasteiger partial charge in [-0.2, -0.15) is 0 Å².